The van der Waals surface area contributed by atoms with Gasteiger partial charge in [0.25, 0.3) is 11.5 Å². The van der Waals surface area contributed by atoms with E-state index in [9.17, 15) is 14.7 Å². The van der Waals surface area contributed by atoms with Crippen molar-refractivity contribution in [2.75, 3.05) is 6.61 Å². The van der Waals surface area contributed by atoms with Gasteiger partial charge in [-0.15, -0.1) is 0 Å². The van der Waals surface area contributed by atoms with Crippen LogP contribution in [-0.2, 0) is 6.54 Å². The molecule has 0 aliphatic rings. The van der Waals surface area contributed by atoms with Crippen LogP contribution in [0.25, 0.3) is 16.5 Å². The highest BCUT2D eigenvalue weighted by Gasteiger charge is 2.24. The van der Waals surface area contributed by atoms with E-state index in [2.05, 4.69) is 10.6 Å². The number of aliphatic hydroxyl groups is 1. The monoisotopic (exact) mass is 469 g/mol. The topological polar surface area (TPSA) is 83.4 Å². The highest BCUT2D eigenvalue weighted by Crippen LogP contribution is 2.25. The number of hydrogen-bond donors (Lipinski definition) is 3. The molecule has 1 aromatic heterocycles. The second-order valence-electron chi connectivity index (χ2n) is 8.65. The van der Waals surface area contributed by atoms with Gasteiger partial charge in [-0.25, -0.2) is 0 Å². The van der Waals surface area contributed by atoms with Crippen LogP contribution in [0, 0.1) is 0 Å². The molecule has 3 N–H and O–H groups in total. The van der Waals surface area contributed by atoms with Crippen LogP contribution in [0.15, 0.2) is 89.7 Å². The van der Waals surface area contributed by atoms with E-state index >= 15 is 0 Å². The van der Waals surface area contributed by atoms with Crippen LogP contribution in [0.2, 0.25) is 0 Å². The number of para-hydroxylation sites is 1. The Morgan fingerprint density at radius 3 is 2.14 bits per heavy atom. The summed E-state index contributed by atoms with van der Waals surface area (Å²) < 4.78 is 1.61. The third-order valence-electron chi connectivity index (χ3n) is 6.24. The maximum Gasteiger partial charge on any atom is 0.263 e. The highest BCUT2D eigenvalue weighted by molar-refractivity contribution is 6.08. The van der Waals surface area contributed by atoms with Gasteiger partial charge in [-0.1, -0.05) is 73.7 Å². The SMILES string of the molecule is CC[C@H](NC(=O)c1c(CNC(C)CO)n(-c2ccccc2)c(=O)c2ccccc12)c1ccccc1. The molecule has 2 atom stereocenters. The Morgan fingerprint density at radius 2 is 1.51 bits per heavy atom. The minimum Gasteiger partial charge on any atom is -0.395 e. The first-order valence-corrected chi connectivity index (χ1v) is 12.0. The number of benzene rings is 3. The third kappa shape index (κ3) is 5.19. The number of aromatic nitrogens is 1. The molecule has 1 unspecified atom stereocenters. The van der Waals surface area contributed by atoms with Crippen LogP contribution in [-0.4, -0.2) is 28.2 Å². The molecule has 35 heavy (non-hydrogen) atoms. The Balaban J connectivity index is 1.92. The maximum absolute atomic E-state index is 13.9. The zero-order valence-corrected chi connectivity index (χ0v) is 20.1. The molecular weight excluding hydrogens is 438 g/mol. The second kappa shape index (κ2) is 11.1. The lowest BCUT2D eigenvalue weighted by Gasteiger charge is -2.23. The molecule has 0 fully saturated rings. The number of nitrogens with zero attached hydrogens (tertiary/aromatic N) is 1. The van der Waals surface area contributed by atoms with Gasteiger partial charge >= 0.3 is 0 Å². The maximum atomic E-state index is 13.9. The molecule has 1 heterocycles. The molecule has 4 aromatic rings. The van der Waals surface area contributed by atoms with E-state index < -0.39 is 0 Å². The smallest absolute Gasteiger partial charge is 0.263 e. The third-order valence-corrected chi connectivity index (χ3v) is 6.24. The van der Waals surface area contributed by atoms with Gasteiger partial charge in [0.05, 0.1) is 23.9 Å². The molecule has 0 aliphatic carbocycles. The molecule has 0 saturated carbocycles. The Hall–Kier alpha value is -3.74. The van der Waals surface area contributed by atoms with E-state index in [-0.39, 0.29) is 36.7 Å². The minimum absolute atomic E-state index is 0.0589. The number of aliphatic hydroxyl groups excluding tert-OH is 1. The van der Waals surface area contributed by atoms with Crippen molar-refractivity contribution in [3.8, 4) is 5.69 Å². The van der Waals surface area contributed by atoms with Crippen LogP contribution in [0.3, 0.4) is 0 Å². The van der Waals surface area contributed by atoms with Crippen molar-refractivity contribution in [3.05, 3.63) is 112 Å². The fourth-order valence-corrected chi connectivity index (χ4v) is 4.34. The molecule has 3 aromatic carbocycles. The number of nitrogens with one attached hydrogen (secondary N) is 2. The lowest BCUT2D eigenvalue weighted by atomic mass is 9.99. The Morgan fingerprint density at radius 1 is 0.914 bits per heavy atom. The summed E-state index contributed by atoms with van der Waals surface area (Å²) in [6.45, 7) is 4.07. The van der Waals surface area contributed by atoms with E-state index in [0.717, 1.165) is 12.0 Å². The van der Waals surface area contributed by atoms with E-state index in [1.54, 1.807) is 10.6 Å². The van der Waals surface area contributed by atoms with Crippen molar-refractivity contribution in [2.24, 2.45) is 0 Å². The number of rotatable bonds is 9. The van der Waals surface area contributed by atoms with Crippen molar-refractivity contribution in [1.29, 1.82) is 0 Å². The number of hydrogen-bond acceptors (Lipinski definition) is 4. The zero-order valence-electron chi connectivity index (χ0n) is 20.1. The summed E-state index contributed by atoms with van der Waals surface area (Å²) in [4.78, 5) is 27.6. The molecule has 4 rings (SSSR count). The summed E-state index contributed by atoms with van der Waals surface area (Å²) in [7, 11) is 0. The molecule has 1 amide bonds. The van der Waals surface area contributed by atoms with Gasteiger partial charge in [-0.2, -0.15) is 0 Å². The van der Waals surface area contributed by atoms with E-state index in [4.69, 9.17) is 0 Å². The highest BCUT2D eigenvalue weighted by atomic mass is 16.3. The largest absolute Gasteiger partial charge is 0.395 e. The van der Waals surface area contributed by atoms with Gasteiger partial charge in [0, 0.05) is 29.0 Å². The van der Waals surface area contributed by atoms with Gasteiger partial charge in [0.15, 0.2) is 0 Å². The van der Waals surface area contributed by atoms with Crippen molar-refractivity contribution >= 4 is 16.7 Å². The van der Waals surface area contributed by atoms with Crippen LogP contribution >= 0.6 is 0 Å². The Bertz CT molecular complexity index is 1350. The first kappa shape index (κ1) is 24.4. The van der Waals surface area contributed by atoms with Crippen LogP contribution < -0.4 is 16.2 Å². The minimum atomic E-state index is -0.241. The van der Waals surface area contributed by atoms with Gasteiger partial charge in [-0.3, -0.25) is 14.2 Å². The van der Waals surface area contributed by atoms with E-state index in [0.29, 0.717) is 27.7 Å². The molecule has 6 nitrogen and oxygen atoms in total. The molecule has 6 heteroatoms. The lowest BCUT2D eigenvalue weighted by molar-refractivity contribution is 0.0935. The van der Waals surface area contributed by atoms with Crippen LogP contribution in [0.4, 0.5) is 0 Å². The standard InChI is InChI=1S/C29H31N3O3/c1-3-25(21-12-6-4-7-13-21)31-28(34)27-23-16-10-11-17-24(23)29(35)32(22-14-8-5-9-15-22)26(27)18-30-20(2)19-33/h4-17,20,25,30,33H,3,18-19H2,1-2H3,(H,31,34)/t20?,25-/m0/s1. The number of amides is 1. The summed E-state index contributed by atoms with van der Waals surface area (Å²) in [5.74, 6) is -0.241. The summed E-state index contributed by atoms with van der Waals surface area (Å²) >= 11 is 0. The summed E-state index contributed by atoms with van der Waals surface area (Å²) in [6, 6.07) is 26.1. The fraction of sp³-hybridized carbons (Fsp3) is 0.241. The fourth-order valence-electron chi connectivity index (χ4n) is 4.34. The Kier molecular flexibility index (Phi) is 7.75. The van der Waals surface area contributed by atoms with E-state index in [1.165, 1.54) is 0 Å². The average Bonchev–Trinajstić information content (AvgIpc) is 2.91. The van der Waals surface area contributed by atoms with Crippen LogP contribution in [0.1, 0.15) is 47.9 Å². The van der Waals surface area contributed by atoms with Gasteiger partial charge in [0.1, 0.15) is 0 Å². The molecule has 0 saturated heterocycles. The summed E-state index contributed by atoms with van der Waals surface area (Å²) in [6.07, 6.45) is 0.723. The molecule has 0 aliphatic heterocycles. The molecule has 180 valence electrons. The molecule has 0 radical (unpaired) electrons. The van der Waals surface area contributed by atoms with E-state index in [1.807, 2.05) is 92.7 Å². The lowest BCUT2D eigenvalue weighted by Crippen LogP contribution is -2.36. The van der Waals surface area contributed by atoms with Crippen LogP contribution in [0.5, 0.6) is 0 Å². The molecule has 0 spiro atoms. The van der Waals surface area contributed by atoms with Gasteiger partial charge in [0.2, 0.25) is 0 Å². The van der Waals surface area contributed by atoms with Crippen molar-refractivity contribution in [1.82, 2.24) is 15.2 Å². The zero-order chi connectivity index (χ0) is 24.8. The number of carbonyl (C=O) groups is 1. The Labute approximate surface area is 205 Å². The normalized spacial score (nSPS) is 12.9. The van der Waals surface area contributed by atoms with Gasteiger partial charge in [-0.05, 0) is 37.1 Å². The van der Waals surface area contributed by atoms with Crippen molar-refractivity contribution in [3.63, 3.8) is 0 Å². The van der Waals surface area contributed by atoms with Crippen molar-refractivity contribution < 1.29 is 9.90 Å². The number of carbonyl (C=O) groups excluding carboxylic acids is 1. The summed E-state index contributed by atoms with van der Waals surface area (Å²) in [5, 5.41) is 17.1. The first-order chi connectivity index (χ1) is 17.0. The number of fused-ring (bicyclic) bond motifs is 1. The second-order valence-corrected chi connectivity index (χ2v) is 8.65. The molecular formula is C29H31N3O3. The quantitative estimate of drug-likeness (QED) is 0.341. The van der Waals surface area contributed by atoms with Crippen molar-refractivity contribution in [2.45, 2.75) is 38.9 Å². The summed E-state index contributed by atoms with van der Waals surface area (Å²) in [5.41, 5.74) is 2.53. The molecule has 0 bridgehead atoms. The predicted molar refractivity (Wildman–Crippen MR) is 140 cm³/mol. The van der Waals surface area contributed by atoms with Gasteiger partial charge < -0.3 is 15.7 Å². The first-order valence-electron chi connectivity index (χ1n) is 12.0. The predicted octanol–water partition coefficient (Wildman–Crippen LogP) is 4.34. The number of pyridine rings is 1. The average molecular weight is 470 g/mol.